The molecule has 2 aromatic rings. The summed E-state index contributed by atoms with van der Waals surface area (Å²) >= 11 is 5.77. The van der Waals surface area contributed by atoms with Crippen LogP contribution in [-0.2, 0) is 6.54 Å². The molecule has 1 aromatic heterocycles. The van der Waals surface area contributed by atoms with Gasteiger partial charge in [-0.2, -0.15) is 0 Å². The Morgan fingerprint density at radius 2 is 1.89 bits per heavy atom. The van der Waals surface area contributed by atoms with Gasteiger partial charge in [-0.15, -0.1) is 0 Å². The van der Waals surface area contributed by atoms with E-state index in [4.69, 9.17) is 16.0 Å². The SMILES string of the molecule is CN(C)CC(NCc1ccc(Cl)o1)c1ccccc1. The molecule has 0 amide bonds. The first-order valence-electron chi connectivity index (χ1n) is 6.32. The largest absolute Gasteiger partial charge is 0.448 e. The van der Waals surface area contributed by atoms with Crippen molar-refractivity contribution in [1.82, 2.24) is 10.2 Å². The van der Waals surface area contributed by atoms with E-state index in [-0.39, 0.29) is 6.04 Å². The quantitative estimate of drug-likeness (QED) is 0.879. The monoisotopic (exact) mass is 278 g/mol. The zero-order valence-corrected chi connectivity index (χ0v) is 12.0. The van der Waals surface area contributed by atoms with Gasteiger partial charge in [-0.05, 0) is 43.4 Å². The molecule has 1 aromatic carbocycles. The highest BCUT2D eigenvalue weighted by Gasteiger charge is 2.12. The molecule has 0 aliphatic heterocycles. The molecule has 3 nitrogen and oxygen atoms in total. The lowest BCUT2D eigenvalue weighted by atomic mass is 10.1. The first-order chi connectivity index (χ1) is 9.15. The third-order valence-corrected chi connectivity index (χ3v) is 3.10. The van der Waals surface area contributed by atoms with Crippen molar-refractivity contribution in [3.05, 3.63) is 59.0 Å². The molecule has 0 aliphatic rings. The lowest BCUT2D eigenvalue weighted by Gasteiger charge is -2.22. The number of furan rings is 1. The minimum atomic E-state index is 0.264. The topological polar surface area (TPSA) is 28.4 Å². The van der Waals surface area contributed by atoms with Gasteiger partial charge in [-0.3, -0.25) is 0 Å². The maximum atomic E-state index is 5.77. The maximum absolute atomic E-state index is 5.77. The minimum absolute atomic E-state index is 0.264. The molecule has 1 N–H and O–H groups in total. The summed E-state index contributed by atoms with van der Waals surface area (Å²) in [6.45, 7) is 1.60. The zero-order chi connectivity index (χ0) is 13.7. The second-order valence-electron chi connectivity index (χ2n) is 4.81. The second kappa shape index (κ2) is 6.75. The molecule has 2 rings (SSSR count). The van der Waals surface area contributed by atoms with Gasteiger partial charge in [0.15, 0.2) is 5.22 Å². The van der Waals surface area contributed by atoms with Gasteiger partial charge in [0, 0.05) is 12.6 Å². The van der Waals surface area contributed by atoms with E-state index in [0.717, 1.165) is 12.3 Å². The van der Waals surface area contributed by atoms with Crippen molar-refractivity contribution >= 4 is 11.6 Å². The van der Waals surface area contributed by atoms with Crippen molar-refractivity contribution in [3.8, 4) is 0 Å². The molecule has 4 heteroatoms. The molecule has 0 aliphatic carbocycles. The molecule has 0 saturated heterocycles. The van der Waals surface area contributed by atoms with E-state index in [1.165, 1.54) is 5.56 Å². The highest BCUT2D eigenvalue weighted by molar-refractivity contribution is 6.28. The van der Waals surface area contributed by atoms with E-state index in [0.29, 0.717) is 11.8 Å². The van der Waals surface area contributed by atoms with E-state index >= 15 is 0 Å². The average Bonchev–Trinajstić information content (AvgIpc) is 2.81. The number of halogens is 1. The third-order valence-electron chi connectivity index (χ3n) is 2.90. The van der Waals surface area contributed by atoms with Crippen molar-refractivity contribution in [1.29, 1.82) is 0 Å². The highest BCUT2D eigenvalue weighted by Crippen LogP contribution is 2.17. The maximum Gasteiger partial charge on any atom is 0.193 e. The van der Waals surface area contributed by atoms with Crippen molar-refractivity contribution in [2.75, 3.05) is 20.6 Å². The molecular formula is C15H19ClN2O. The van der Waals surface area contributed by atoms with Crippen molar-refractivity contribution in [3.63, 3.8) is 0 Å². The lowest BCUT2D eigenvalue weighted by Crippen LogP contribution is -2.30. The number of nitrogens with one attached hydrogen (secondary N) is 1. The Hall–Kier alpha value is -1.29. The van der Waals surface area contributed by atoms with Crippen LogP contribution in [0.4, 0.5) is 0 Å². The second-order valence-corrected chi connectivity index (χ2v) is 5.18. The van der Waals surface area contributed by atoms with Crippen LogP contribution in [0, 0.1) is 0 Å². The minimum Gasteiger partial charge on any atom is -0.448 e. The smallest absolute Gasteiger partial charge is 0.193 e. The first-order valence-corrected chi connectivity index (χ1v) is 6.70. The average molecular weight is 279 g/mol. The van der Waals surface area contributed by atoms with Crippen LogP contribution >= 0.6 is 11.6 Å². The van der Waals surface area contributed by atoms with Crippen LogP contribution in [0.25, 0.3) is 0 Å². The summed E-state index contributed by atoms with van der Waals surface area (Å²) in [7, 11) is 4.14. The molecule has 1 heterocycles. The Kier molecular flexibility index (Phi) is 5.02. The summed E-state index contributed by atoms with van der Waals surface area (Å²) < 4.78 is 5.36. The lowest BCUT2D eigenvalue weighted by molar-refractivity contribution is 0.333. The summed E-state index contributed by atoms with van der Waals surface area (Å²) in [6, 6.07) is 14.3. The van der Waals surface area contributed by atoms with Crippen LogP contribution in [0.15, 0.2) is 46.9 Å². The van der Waals surface area contributed by atoms with Gasteiger partial charge in [0.05, 0.1) is 6.54 Å². The van der Waals surface area contributed by atoms with Crippen LogP contribution in [0.1, 0.15) is 17.4 Å². The number of nitrogens with zero attached hydrogens (tertiary/aromatic N) is 1. The van der Waals surface area contributed by atoms with Gasteiger partial charge in [0.1, 0.15) is 5.76 Å². The van der Waals surface area contributed by atoms with Crippen molar-refractivity contribution in [2.24, 2.45) is 0 Å². The predicted molar refractivity (Wildman–Crippen MR) is 78.3 cm³/mol. The summed E-state index contributed by atoms with van der Waals surface area (Å²) in [5, 5.41) is 3.93. The molecule has 0 bridgehead atoms. The van der Waals surface area contributed by atoms with Crippen LogP contribution in [0.5, 0.6) is 0 Å². The Morgan fingerprint density at radius 3 is 2.47 bits per heavy atom. The van der Waals surface area contributed by atoms with E-state index in [9.17, 15) is 0 Å². The normalized spacial score (nSPS) is 12.8. The number of rotatable bonds is 6. The summed E-state index contributed by atoms with van der Waals surface area (Å²) in [6.07, 6.45) is 0. The molecule has 1 unspecified atom stereocenters. The van der Waals surface area contributed by atoms with Gasteiger partial charge in [0.25, 0.3) is 0 Å². The zero-order valence-electron chi connectivity index (χ0n) is 11.3. The first kappa shape index (κ1) is 14.1. The van der Waals surface area contributed by atoms with Crippen LogP contribution in [-0.4, -0.2) is 25.5 Å². The molecule has 0 fully saturated rings. The fourth-order valence-corrected chi connectivity index (χ4v) is 2.17. The number of benzene rings is 1. The van der Waals surface area contributed by atoms with Gasteiger partial charge in [-0.25, -0.2) is 0 Å². The van der Waals surface area contributed by atoms with E-state index in [1.54, 1.807) is 6.07 Å². The molecular weight excluding hydrogens is 260 g/mol. The predicted octanol–water partition coefficient (Wildman–Crippen LogP) is 3.33. The van der Waals surface area contributed by atoms with Crippen molar-refractivity contribution in [2.45, 2.75) is 12.6 Å². The van der Waals surface area contributed by atoms with E-state index < -0.39 is 0 Å². The fraction of sp³-hybridized carbons (Fsp3) is 0.333. The summed E-state index contributed by atoms with van der Waals surface area (Å²) in [4.78, 5) is 2.17. The van der Waals surface area contributed by atoms with Gasteiger partial charge < -0.3 is 14.6 Å². The molecule has 1 atom stereocenters. The van der Waals surface area contributed by atoms with Crippen LogP contribution in [0.3, 0.4) is 0 Å². The highest BCUT2D eigenvalue weighted by atomic mass is 35.5. The van der Waals surface area contributed by atoms with Gasteiger partial charge in [-0.1, -0.05) is 30.3 Å². The van der Waals surface area contributed by atoms with E-state index in [1.807, 2.05) is 12.1 Å². The van der Waals surface area contributed by atoms with Crippen LogP contribution in [0.2, 0.25) is 5.22 Å². The number of hydrogen-bond donors (Lipinski definition) is 1. The summed E-state index contributed by atoms with van der Waals surface area (Å²) in [5.41, 5.74) is 1.27. The molecule has 0 spiro atoms. The standard InChI is InChI=1S/C15H19ClN2O/c1-18(2)11-14(12-6-4-3-5-7-12)17-10-13-8-9-15(16)19-13/h3-9,14,17H,10-11H2,1-2H3. The Labute approximate surface area is 119 Å². The third kappa shape index (κ3) is 4.39. The molecule has 0 saturated carbocycles. The molecule has 19 heavy (non-hydrogen) atoms. The van der Waals surface area contributed by atoms with E-state index in [2.05, 4.69) is 48.6 Å². The Morgan fingerprint density at radius 1 is 1.16 bits per heavy atom. The molecule has 0 radical (unpaired) electrons. The molecule has 102 valence electrons. The Bertz CT molecular complexity index is 496. The number of likely N-dealkylation sites (N-methyl/N-ethyl adjacent to an activating group) is 1. The van der Waals surface area contributed by atoms with Gasteiger partial charge >= 0.3 is 0 Å². The number of hydrogen-bond acceptors (Lipinski definition) is 3. The summed E-state index contributed by atoms with van der Waals surface area (Å²) in [5.74, 6) is 0.852. The van der Waals surface area contributed by atoms with Crippen molar-refractivity contribution < 1.29 is 4.42 Å². The fourth-order valence-electron chi connectivity index (χ4n) is 2.01. The van der Waals surface area contributed by atoms with Gasteiger partial charge in [0.2, 0.25) is 0 Å². The Balaban J connectivity index is 2.02. The van der Waals surface area contributed by atoms with Crippen LogP contribution < -0.4 is 5.32 Å².